The Labute approximate surface area is 112 Å². The Morgan fingerprint density at radius 2 is 2.06 bits per heavy atom. The summed E-state index contributed by atoms with van der Waals surface area (Å²) in [4.78, 5) is 0. The van der Waals surface area contributed by atoms with Gasteiger partial charge in [-0.25, -0.2) is 0 Å². The summed E-state index contributed by atoms with van der Waals surface area (Å²) in [6.07, 6.45) is 1.46. The number of nitrogens with zero attached hydrogens (tertiary/aromatic N) is 2. The van der Waals surface area contributed by atoms with E-state index in [2.05, 4.69) is 41.8 Å². The van der Waals surface area contributed by atoms with Gasteiger partial charge in [-0.3, -0.25) is 4.68 Å². The molecule has 1 aromatic heterocycles. The fourth-order valence-electron chi connectivity index (χ4n) is 2.36. The Morgan fingerprint density at radius 1 is 1.47 bits per heavy atom. The average molecular weight is 303 g/mol. The molecule has 0 spiro atoms. The number of halogens is 1. The second-order valence-corrected chi connectivity index (χ2v) is 6.35. The minimum atomic E-state index is -0.261. The maximum atomic E-state index is 9.53. The third-order valence-electron chi connectivity index (χ3n) is 2.95. The van der Waals surface area contributed by atoms with E-state index in [0.717, 1.165) is 29.6 Å². The van der Waals surface area contributed by atoms with Crippen molar-refractivity contribution in [2.24, 2.45) is 5.41 Å². The molecule has 1 N–H and O–H groups in total. The van der Waals surface area contributed by atoms with Crippen LogP contribution in [0.25, 0.3) is 0 Å². The first-order chi connectivity index (χ1) is 7.76. The van der Waals surface area contributed by atoms with Crippen molar-refractivity contribution in [3.63, 3.8) is 0 Å². The summed E-state index contributed by atoms with van der Waals surface area (Å²) in [5, 5.41) is 14.0. The molecule has 4 heteroatoms. The molecule has 0 radical (unpaired) electrons. The molecule has 0 fully saturated rings. The van der Waals surface area contributed by atoms with Crippen molar-refractivity contribution in [3.05, 3.63) is 15.9 Å². The van der Waals surface area contributed by atoms with E-state index in [-0.39, 0.29) is 11.5 Å². The topological polar surface area (TPSA) is 38.0 Å². The minimum Gasteiger partial charge on any atom is -0.393 e. The standard InChI is InChI=1S/C13H23BrN2O/c1-6-16-11(12(14)10(3)15-16)8-13(4,5)7-9(2)17/h9,17H,6-8H2,1-5H3. The number of hydrogen-bond donors (Lipinski definition) is 1. The Hall–Kier alpha value is -0.350. The molecule has 17 heavy (non-hydrogen) atoms. The molecule has 0 aliphatic carbocycles. The lowest BCUT2D eigenvalue weighted by molar-refractivity contribution is 0.128. The summed E-state index contributed by atoms with van der Waals surface area (Å²) >= 11 is 3.61. The number of aliphatic hydroxyl groups excluding tert-OH is 1. The first kappa shape index (κ1) is 14.7. The molecule has 1 rings (SSSR count). The Morgan fingerprint density at radius 3 is 2.53 bits per heavy atom. The molecule has 1 heterocycles. The van der Waals surface area contributed by atoms with E-state index >= 15 is 0 Å². The number of rotatable bonds is 5. The molecule has 3 nitrogen and oxygen atoms in total. The van der Waals surface area contributed by atoms with Gasteiger partial charge in [-0.15, -0.1) is 0 Å². The second kappa shape index (κ2) is 5.53. The van der Waals surface area contributed by atoms with Gasteiger partial charge in [0.15, 0.2) is 0 Å². The monoisotopic (exact) mass is 302 g/mol. The van der Waals surface area contributed by atoms with Gasteiger partial charge in [0, 0.05) is 6.54 Å². The van der Waals surface area contributed by atoms with Crippen molar-refractivity contribution in [3.8, 4) is 0 Å². The van der Waals surface area contributed by atoms with Crippen LogP contribution < -0.4 is 0 Å². The van der Waals surface area contributed by atoms with Crippen LogP contribution in [0.1, 0.15) is 45.5 Å². The summed E-state index contributed by atoms with van der Waals surface area (Å²) in [5.74, 6) is 0. The molecular weight excluding hydrogens is 280 g/mol. The van der Waals surface area contributed by atoms with E-state index in [4.69, 9.17) is 0 Å². The number of aryl methyl sites for hydroxylation is 2. The molecule has 0 amide bonds. The normalized spacial score (nSPS) is 14.1. The zero-order valence-corrected chi connectivity index (χ0v) is 13.0. The first-order valence-corrected chi connectivity index (χ1v) is 6.96. The molecule has 98 valence electrons. The van der Waals surface area contributed by atoms with Gasteiger partial charge in [0.1, 0.15) is 0 Å². The highest BCUT2D eigenvalue weighted by Crippen LogP contribution is 2.32. The van der Waals surface area contributed by atoms with E-state index in [1.54, 1.807) is 0 Å². The lowest BCUT2D eigenvalue weighted by atomic mass is 9.82. The first-order valence-electron chi connectivity index (χ1n) is 6.16. The van der Waals surface area contributed by atoms with Gasteiger partial charge >= 0.3 is 0 Å². The molecule has 0 aliphatic heterocycles. The summed E-state index contributed by atoms with van der Waals surface area (Å²) in [6, 6.07) is 0. The van der Waals surface area contributed by atoms with Gasteiger partial charge < -0.3 is 5.11 Å². The molecular formula is C13H23BrN2O. The van der Waals surface area contributed by atoms with Crippen LogP contribution in [0.3, 0.4) is 0 Å². The molecule has 0 saturated carbocycles. The molecule has 0 aromatic carbocycles. The maximum Gasteiger partial charge on any atom is 0.0738 e. The second-order valence-electron chi connectivity index (χ2n) is 5.56. The maximum absolute atomic E-state index is 9.53. The fraction of sp³-hybridized carbons (Fsp3) is 0.769. The van der Waals surface area contributed by atoms with Gasteiger partial charge in [-0.05, 0) is 55.0 Å². The fourth-order valence-corrected chi connectivity index (χ4v) is 2.79. The third-order valence-corrected chi connectivity index (χ3v) is 3.98. The van der Waals surface area contributed by atoms with Crippen molar-refractivity contribution in [2.45, 2.75) is 60.1 Å². The summed E-state index contributed by atoms with van der Waals surface area (Å²) in [5.41, 5.74) is 2.35. The van der Waals surface area contributed by atoms with Crippen LogP contribution in [-0.4, -0.2) is 21.0 Å². The zero-order chi connectivity index (χ0) is 13.2. The van der Waals surface area contributed by atoms with Gasteiger partial charge in [0.2, 0.25) is 0 Å². The van der Waals surface area contributed by atoms with Gasteiger partial charge in [0.25, 0.3) is 0 Å². The highest BCUT2D eigenvalue weighted by molar-refractivity contribution is 9.10. The number of aromatic nitrogens is 2. The van der Waals surface area contributed by atoms with Gasteiger partial charge in [-0.2, -0.15) is 5.10 Å². The molecule has 0 aliphatic rings. The summed E-state index contributed by atoms with van der Waals surface area (Å²) in [6.45, 7) is 11.2. The van der Waals surface area contributed by atoms with Gasteiger partial charge in [-0.1, -0.05) is 13.8 Å². The SMILES string of the molecule is CCn1nc(C)c(Br)c1CC(C)(C)CC(C)O. The lowest BCUT2D eigenvalue weighted by Crippen LogP contribution is -2.23. The third kappa shape index (κ3) is 3.81. The average Bonchev–Trinajstić information content (AvgIpc) is 2.43. The van der Waals surface area contributed by atoms with Crippen molar-refractivity contribution in [1.29, 1.82) is 0 Å². The molecule has 0 bridgehead atoms. The van der Waals surface area contributed by atoms with Crippen molar-refractivity contribution < 1.29 is 5.11 Å². The molecule has 1 unspecified atom stereocenters. The number of aliphatic hydroxyl groups is 1. The Kier molecular flexibility index (Phi) is 4.78. The largest absolute Gasteiger partial charge is 0.393 e. The highest BCUT2D eigenvalue weighted by atomic mass is 79.9. The van der Waals surface area contributed by atoms with Crippen molar-refractivity contribution in [1.82, 2.24) is 9.78 Å². The van der Waals surface area contributed by atoms with Crippen LogP contribution in [-0.2, 0) is 13.0 Å². The quantitative estimate of drug-likeness (QED) is 0.906. The minimum absolute atomic E-state index is 0.0794. The van der Waals surface area contributed by atoms with Crippen LogP contribution in [0, 0.1) is 12.3 Å². The molecule has 0 saturated heterocycles. The predicted octanol–water partition coefficient (Wildman–Crippen LogP) is 3.31. The summed E-state index contributed by atoms with van der Waals surface area (Å²) < 4.78 is 3.15. The van der Waals surface area contributed by atoms with Gasteiger partial charge in [0.05, 0.1) is 22.0 Å². The molecule has 1 aromatic rings. The van der Waals surface area contributed by atoms with E-state index in [1.165, 1.54) is 5.69 Å². The van der Waals surface area contributed by atoms with Crippen molar-refractivity contribution >= 4 is 15.9 Å². The van der Waals surface area contributed by atoms with E-state index in [0.29, 0.717) is 0 Å². The van der Waals surface area contributed by atoms with Crippen LogP contribution >= 0.6 is 15.9 Å². The lowest BCUT2D eigenvalue weighted by Gasteiger charge is -2.26. The van der Waals surface area contributed by atoms with Crippen LogP contribution in [0.2, 0.25) is 0 Å². The predicted molar refractivity (Wildman–Crippen MR) is 74.1 cm³/mol. The van der Waals surface area contributed by atoms with Crippen molar-refractivity contribution in [2.75, 3.05) is 0 Å². The smallest absolute Gasteiger partial charge is 0.0738 e. The number of hydrogen-bond acceptors (Lipinski definition) is 2. The van der Waals surface area contributed by atoms with Crippen LogP contribution in [0.5, 0.6) is 0 Å². The van der Waals surface area contributed by atoms with E-state index < -0.39 is 0 Å². The zero-order valence-electron chi connectivity index (χ0n) is 11.4. The van der Waals surface area contributed by atoms with E-state index in [9.17, 15) is 5.11 Å². The van der Waals surface area contributed by atoms with Crippen LogP contribution in [0.4, 0.5) is 0 Å². The van der Waals surface area contributed by atoms with Crippen LogP contribution in [0.15, 0.2) is 4.47 Å². The molecule has 1 atom stereocenters. The van der Waals surface area contributed by atoms with E-state index in [1.807, 2.05) is 18.5 Å². The summed E-state index contributed by atoms with van der Waals surface area (Å²) in [7, 11) is 0. The highest BCUT2D eigenvalue weighted by Gasteiger charge is 2.25. The Balaban J connectivity index is 2.94. The Bertz CT molecular complexity index is 383.